The Morgan fingerprint density at radius 1 is 1.10 bits per heavy atom. The van der Waals surface area contributed by atoms with Crippen LogP contribution in [0.2, 0.25) is 0 Å². The van der Waals surface area contributed by atoms with Crippen molar-refractivity contribution in [3.8, 4) is 11.5 Å². The number of carbonyl (C=O) groups is 1. The maximum Gasteiger partial charge on any atom is 0.241 e. The fourth-order valence-corrected chi connectivity index (χ4v) is 4.62. The van der Waals surface area contributed by atoms with Gasteiger partial charge in [0.15, 0.2) is 0 Å². The van der Waals surface area contributed by atoms with Crippen LogP contribution in [0.25, 0.3) is 0 Å². The first-order chi connectivity index (χ1) is 14.3. The van der Waals surface area contributed by atoms with Crippen molar-refractivity contribution in [3.05, 3.63) is 54.1 Å². The van der Waals surface area contributed by atoms with Crippen molar-refractivity contribution in [3.63, 3.8) is 0 Å². The average molecular weight is 453 g/mol. The Kier molecular flexibility index (Phi) is 9.01. The summed E-state index contributed by atoms with van der Waals surface area (Å²) in [6.45, 7) is 1.82. The van der Waals surface area contributed by atoms with Crippen molar-refractivity contribution >= 4 is 27.7 Å². The summed E-state index contributed by atoms with van der Waals surface area (Å²) in [4.78, 5) is 13.1. The maximum atomic E-state index is 13.0. The molecule has 164 valence electrons. The van der Waals surface area contributed by atoms with Gasteiger partial charge in [-0.05, 0) is 49.6 Å². The van der Waals surface area contributed by atoms with Crippen LogP contribution in [-0.2, 0) is 14.8 Å². The summed E-state index contributed by atoms with van der Waals surface area (Å²) in [6.07, 6.45) is 2.27. The summed E-state index contributed by atoms with van der Waals surface area (Å²) >= 11 is 1.55. The van der Waals surface area contributed by atoms with Crippen LogP contribution in [0.1, 0.15) is 24.9 Å². The summed E-state index contributed by atoms with van der Waals surface area (Å²) < 4.78 is 38.6. The highest BCUT2D eigenvalue weighted by molar-refractivity contribution is 7.98. The molecule has 2 unspecified atom stereocenters. The summed E-state index contributed by atoms with van der Waals surface area (Å²) in [7, 11) is -0.710. The van der Waals surface area contributed by atoms with Gasteiger partial charge in [-0.25, -0.2) is 8.42 Å². The molecule has 2 rings (SSSR count). The van der Waals surface area contributed by atoms with E-state index in [2.05, 4.69) is 10.0 Å². The van der Waals surface area contributed by atoms with Crippen molar-refractivity contribution in [2.75, 3.05) is 26.2 Å². The minimum atomic E-state index is -3.82. The van der Waals surface area contributed by atoms with Crippen molar-refractivity contribution in [1.29, 1.82) is 0 Å². The fraction of sp³-hybridized carbons (Fsp3) is 0.381. The van der Waals surface area contributed by atoms with Crippen molar-refractivity contribution in [2.24, 2.45) is 0 Å². The van der Waals surface area contributed by atoms with E-state index in [0.29, 0.717) is 23.7 Å². The van der Waals surface area contributed by atoms with Gasteiger partial charge in [-0.3, -0.25) is 4.79 Å². The van der Waals surface area contributed by atoms with Gasteiger partial charge in [0.2, 0.25) is 15.9 Å². The lowest BCUT2D eigenvalue weighted by molar-refractivity contribution is -0.123. The molecule has 0 aliphatic heterocycles. The molecule has 0 aliphatic rings. The monoisotopic (exact) mass is 452 g/mol. The number of hydrogen-bond donors (Lipinski definition) is 2. The molecule has 0 saturated carbocycles. The maximum absolute atomic E-state index is 13.0. The number of amides is 1. The molecule has 0 aromatic heterocycles. The molecule has 2 atom stereocenters. The first-order valence-corrected chi connectivity index (χ1v) is 12.3. The third-order valence-electron chi connectivity index (χ3n) is 4.54. The largest absolute Gasteiger partial charge is 0.497 e. The molecule has 7 nitrogen and oxygen atoms in total. The lowest BCUT2D eigenvalue weighted by Crippen LogP contribution is -2.47. The van der Waals surface area contributed by atoms with Crippen molar-refractivity contribution < 1.29 is 22.7 Å². The number of carbonyl (C=O) groups excluding carboxylic acids is 1. The Bertz CT molecular complexity index is 936. The van der Waals surface area contributed by atoms with E-state index in [1.165, 1.54) is 12.1 Å². The van der Waals surface area contributed by atoms with E-state index in [-0.39, 0.29) is 4.90 Å². The molecule has 0 heterocycles. The quantitative estimate of drug-likeness (QED) is 0.544. The Morgan fingerprint density at radius 3 is 2.40 bits per heavy atom. The third-order valence-corrected chi connectivity index (χ3v) is 6.68. The molecular weight excluding hydrogens is 424 g/mol. The standard InChI is InChI=1S/C21H28N2O5S2/c1-15(18-11-10-16(27-2)14-20(18)28-3)22-21(24)19(12-13-29-4)23-30(25,26)17-8-6-5-7-9-17/h5-11,14-15,19,23H,12-13H2,1-4H3,(H,22,24). The zero-order chi connectivity index (χ0) is 22.1. The zero-order valence-corrected chi connectivity index (χ0v) is 19.2. The van der Waals surface area contributed by atoms with Gasteiger partial charge in [-0.15, -0.1) is 0 Å². The predicted octanol–water partition coefficient (Wildman–Crippen LogP) is 2.98. The van der Waals surface area contributed by atoms with Crippen LogP contribution in [0.3, 0.4) is 0 Å². The van der Waals surface area contributed by atoms with Gasteiger partial charge in [-0.1, -0.05) is 18.2 Å². The van der Waals surface area contributed by atoms with E-state index in [1.54, 1.807) is 56.3 Å². The van der Waals surface area contributed by atoms with Gasteiger partial charge in [0.05, 0.1) is 25.2 Å². The highest BCUT2D eigenvalue weighted by Gasteiger charge is 2.27. The Labute approximate surface area is 182 Å². The molecule has 30 heavy (non-hydrogen) atoms. The second-order valence-electron chi connectivity index (χ2n) is 6.61. The Hall–Kier alpha value is -2.23. The van der Waals surface area contributed by atoms with E-state index in [4.69, 9.17) is 9.47 Å². The second kappa shape index (κ2) is 11.2. The third kappa shape index (κ3) is 6.38. The minimum Gasteiger partial charge on any atom is -0.497 e. The van der Waals surface area contributed by atoms with Crippen LogP contribution in [0, 0.1) is 0 Å². The van der Waals surface area contributed by atoms with Crippen molar-refractivity contribution in [1.82, 2.24) is 10.0 Å². The molecule has 2 aromatic carbocycles. The molecule has 0 aliphatic carbocycles. The van der Waals surface area contributed by atoms with Gasteiger partial charge >= 0.3 is 0 Å². The number of thioether (sulfide) groups is 1. The van der Waals surface area contributed by atoms with E-state index < -0.39 is 28.0 Å². The molecule has 9 heteroatoms. The van der Waals surface area contributed by atoms with E-state index >= 15 is 0 Å². The Morgan fingerprint density at radius 2 is 1.80 bits per heavy atom. The number of methoxy groups -OCH3 is 2. The van der Waals surface area contributed by atoms with Gasteiger partial charge in [-0.2, -0.15) is 16.5 Å². The molecule has 0 spiro atoms. The number of sulfonamides is 1. The molecule has 0 saturated heterocycles. The van der Waals surface area contributed by atoms with Crippen LogP contribution >= 0.6 is 11.8 Å². The molecule has 0 fully saturated rings. The smallest absolute Gasteiger partial charge is 0.241 e. The van der Waals surface area contributed by atoms with Gasteiger partial charge in [0.1, 0.15) is 17.5 Å². The lowest BCUT2D eigenvalue weighted by Gasteiger charge is -2.22. The topological polar surface area (TPSA) is 93.7 Å². The summed E-state index contributed by atoms with van der Waals surface area (Å²) in [5.41, 5.74) is 0.765. The van der Waals surface area contributed by atoms with Crippen LogP contribution in [0.4, 0.5) is 0 Å². The number of rotatable bonds is 11. The Balaban J connectivity index is 2.19. The van der Waals surface area contributed by atoms with Crippen LogP contribution < -0.4 is 19.5 Å². The van der Waals surface area contributed by atoms with Crippen molar-refractivity contribution in [2.45, 2.75) is 30.3 Å². The predicted molar refractivity (Wildman–Crippen MR) is 120 cm³/mol. The van der Waals surface area contributed by atoms with E-state index in [0.717, 1.165) is 5.56 Å². The normalized spacial score (nSPS) is 13.3. The van der Waals surface area contributed by atoms with Gasteiger partial charge in [0.25, 0.3) is 0 Å². The van der Waals surface area contributed by atoms with Crippen LogP contribution in [0.5, 0.6) is 11.5 Å². The number of benzene rings is 2. The van der Waals surface area contributed by atoms with Crippen LogP contribution in [-0.4, -0.2) is 46.6 Å². The molecule has 0 bridgehead atoms. The average Bonchev–Trinajstić information content (AvgIpc) is 2.76. The molecule has 2 aromatic rings. The SMILES string of the molecule is COc1ccc(C(C)NC(=O)C(CCSC)NS(=O)(=O)c2ccccc2)c(OC)c1. The number of ether oxygens (including phenoxy) is 2. The highest BCUT2D eigenvalue weighted by Crippen LogP contribution is 2.29. The first kappa shape index (κ1) is 24.0. The summed E-state index contributed by atoms with van der Waals surface area (Å²) in [5, 5.41) is 2.90. The number of nitrogens with one attached hydrogen (secondary N) is 2. The van der Waals surface area contributed by atoms with E-state index in [1.807, 2.05) is 19.2 Å². The fourth-order valence-electron chi connectivity index (χ4n) is 2.90. The minimum absolute atomic E-state index is 0.122. The molecular formula is C21H28N2O5S2. The lowest BCUT2D eigenvalue weighted by atomic mass is 10.1. The molecule has 1 amide bonds. The van der Waals surface area contributed by atoms with Gasteiger partial charge < -0.3 is 14.8 Å². The summed E-state index contributed by atoms with van der Waals surface area (Å²) in [5.74, 6) is 1.46. The van der Waals surface area contributed by atoms with Gasteiger partial charge in [0, 0.05) is 11.6 Å². The molecule has 0 radical (unpaired) electrons. The first-order valence-electron chi connectivity index (χ1n) is 9.41. The summed E-state index contributed by atoms with van der Waals surface area (Å²) in [6, 6.07) is 12.1. The van der Waals surface area contributed by atoms with E-state index in [9.17, 15) is 13.2 Å². The molecule has 2 N–H and O–H groups in total. The number of hydrogen-bond acceptors (Lipinski definition) is 6. The van der Waals surface area contributed by atoms with Crippen LogP contribution in [0.15, 0.2) is 53.4 Å². The highest BCUT2D eigenvalue weighted by atomic mass is 32.2. The zero-order valence-electron chi connectivity index (χ0n) is 17.5. The second-order valence-corrected chi connectivity index (χ2v) is 9.31.